The second-order valence-corrected chi connectivity index (χ2v) is 4.14. The van der Waals surface area contributed by atoms with E-state index in [-0.39, 0.29) is 0 Å². The highest BCUT2D eigenvalue weighted by molar-refractivity contribution is 5.02. The Balaban J connectivity index is 1.93. The lowest BCUT2D eigenvalue weighted by Gasteiger charge is -2.09. The minimum atomic E-state index is 0.711. The molecule has 0 bridgehead atoms. The maximum atomic E-state index is 4.99. The molecule has 0 aliphatic rings. The van der Waals surface area contributed by atoms with Gasteiger partial charge < -0.3 is 19.2 Å². The van der Waals surface area contributed by atoms with Gasteiger partial charge in [-0.15, -0.1) is 0 Å². The first-order valence-electron chi connectivity index (χ1n) is 5.96. The van der Waals surface area contributed by atoms with Crippen LogP contribution in [0.4, 0.5) is 0 Å². The van der Waals surface area contributed by atoms with Gasteiger partial charge in [0.2, 0.25) is 0 Å². The third kappa shape index (κ3) is 3.18. The smallest absolute Gasteiger partial charge is 0.123 e. The molecule has 0 atom stereocenters. The van der Waals surface area contributed by atoms with E-state index in [0.717, 1.165) is 31.2 Å². The first-order valence-corrected chi connectivity index (χ1v) is 5.96. The molecule has 2 aromatic rings. The maximum absolute atomic E-state index is 4.99. The summed E-state index contributed by atoms with van der Waals surface area (Å²) in [7, 11) is 3.70. The van der Waals surface area contributed by atoms with Crippen LogP contribution in [0, 0.1) is 0 Å². The van der Waals surface area contributed by atoms with Gasteiger partial charge in [0.05, 0.1) is 31.7 Å². The van der Waals surface area contributed by atoms with Crippen molar-refractivity contribution in [1.82, 2.24) is 24.4 Å². The zero-order valence-electron chi connectivity index (χ0n) is 10.8. The van der Waals surface area contributed by atoms with Crippen LogP contribution in [0.3, 0.4) is 0 Å². The van der Waals surface area contributed by atoms with Crippen molar-refractivity contribution < 1.29 is 4.74 Å². The van der Waals surface area contributed by atoms with E-state index in [9.17, 15) is 0 Å². The molecule has 0 aliphatic carbocycles. The van der Waals surface area contributed by atoms with Gasteiger partial charge in [-0.25, -0.2) is 9.97 Å². The number of imidazole rings is 2. The molecule has 0 amide bonds. The largest absolute Gasteiger partial charge is 0.383 e. The van der Waals surface area contributed by atoms with Crippen molar-refractivity contribution in [2.45, 2.75) is 13.1 Å². The molecule has 2 heterocycles. The summed E-state index contributed by atoms with van der Waals surface area (Å²) in [6.45, 7) is 3.07. The first kappa shape index (κ1) is 12.8. The Morgan fingerprint density at radius 3 is 3.06 bits per heavy atom. The van der Waals surface area contributed by atoms with Crippen LogP contribution >= 0.6 is 0 Å². The Labute approximate surface area is 107 Å². The van der Waals surface area contributed by atoms with Crippen LogP contribution in [-0.2, 0) is 24.9 Å². The van der Waals surface area contributed by atoms with Crippen molar-refractivity contribution in [1.29, 1.82) is 0 Å². The Bertz CT molecular complexity index is 476. The summed E-state index contributed by atoms with van der Waals surface area (Å²) in [4.78, 5) is 8.47. The van der Waals surface area contributed by atoms with E-state index in [2.05, 4.69) is 19.9 Å². The lowest BCUT2D eigenvalue weighted by atomic mass is 10.4. The van der Waals surface area contributed by atoms with E-state index in [4.69, 9.17) is 4.74 Å². The number of nitrogens with zero attached hydrogens (tertiary/aromatic N) is 4. The molecule has 0 spiro atoms. The molecule has 6 nitrogen and oxygen atoms in total. The minimum Gasteiger partial charge on any atom is -0.383 e. The number of ether oxygens (including phenoxy) is 1. The van der Waals surface area contributed by atoms with Crippen molar-refractivity contribution in [2.75, 3.05) is 20.3 Å². The molecule has 0 saturated heterocycles. The topological polar surface area (TPSA) is 56.9 Å². The van der Waals surface area contributed by atoms with Crippen LogP contribution in [0.15, 0.2) is 24.9 Å². The van der Waals surface area contributed by atoms with Crippen LogP contribution in [0.25, 0.3) is 0 Å². The number of aromatic nitrogens is 4. The monoisotopic (exact) mass is 249 g/mol. The van der Waals surface area contributed by atoms with Gasteiger partial charge in [-0.3, -0.25) is 0 Å². The van der Waals surface area contributed by atoms with Crippen LogP contribution in [0.1, 0.15) is 11.5 Å². The minimum absolute atomic E-state index is 0.711. The number of rotatable bonds is 7. The first-order chi connectivity index (χ1) is 8.81. The van der Waals surface area contributed by atoms with Gasteiger partial charge >= 0.3 is 0 Å². The number of hydrogen-bond donors (Lipinski definition) is 1. The molecular formula is C12H19N5O. The van der Waals surface area contributed by atoms with Crippen molar-refractivity contribution in [3.05, 3.63) is 36.4 Å². The van der Waals surface area contributed by atoms with Crippen LogP contribution < -0.4 is 5.32 Å². The third-order valence-corrected chi connectivity index (χ3v) is 2.82. The molecule has 98 valence electrons. The van der Waals surface area contributed by atoms with Gasteiger partial charge in [0.1, 0.15) is 5.82 Å². The van der Waals surface area contributed by atoms with Crippen molar-refractivity contribution >= 4 is 0 Å². The van der Waals surface area contributed by atoms with E-state index in [1.807, 2.05) is 36.5 Å². The summed E-state index contributed by atoms with van der Waals surface area (Å²) >= 11 is 0. The predicted octanol–water partition coefficient (Wildman–Crippen LogP) is 0.401. The van der Waals surface area contributed by atoms with Gasteiger partial charge in [0.25, 0.3) is 0 Å². The fourth-order valence-electron chi connectivity index (χ4n) is 1.74. The summed E-state index contributed by atoms with van der Waals surface area (Å²) in [5, 5.41) is 3.29. The zero-order chi connectivity index (χ0) is 12.8. The summed E-state index contributed by atoms with van der Waals surface area (Å²) in [6.07, 6.45) is 7.49. The Morgan fingerprint density at radius 1 is 1.44 bits per heavy atom. The van der Waals surface area contributed by atoms with E-state index < -0.39 is 0 Å². The second-order valence-electron chi connectivity index (χ2n) is 4.14. The lowest BCUT2D eigenvalue weighted by molar-refractivity contribution is 0.199. The van der Waals surface area contributed by atoms with E-state index in [0.29, 0.717) is 6.61 Å². The summed E-state index contributed by atoms with van der Waals surface area (Å²) in [5.74, 6) is 1.02. The predicted molar refractivity (Wildman–Crippen MR) is 68.1 cm³/mol. The summed E-state index contributed by atoms with van der Waals surface area (Å²) in [6, 6.07) is 0. The average molecular weight is 249 g/mol. The number of methoxy groups -OCH3 is 1. The van der Waals surface area contributed by atoms with Gasteiger partial charge in [0.15, 0.2) is 0 Å². The molecule has 2 rings (SSSR count). The normalized spacial score (nSPS) is 11.0. The average Bonchev–Trinajstić information content (AvgIpc) is 2.96. The highest BCUT2D eigenvalue weighted by Gasteiger charge is 2.05. The molecule has 6 heteroatoms. The maximum Gasteiger partial charge on any atom is 0.123 e. The van der Waals surface area contributed by atoms with Gasteiger partial charge in [0, 0.05) is 39.3 Å². The molecule has 0 fully saturated rings. The zero-order valence-corrected chi connectivity index (χ0v) is 10.8. The molecule has 0 aromatic carbocycles. The Hall–Kier alpha value is -1.66. The van der Waals surface area contributed by atoms with Crippen LogP contribution in [0.2, 0.25) is 0 Å². The number of hydrogen-bond acceptors (Lipinski definition) is 4. The van der Waals surface area contributed by atoms with Crippen molar-refractivity contribution in [2.24, 2.45) is 7.05 Å². The summed E-state index contributed by atoms with van der Waals surface area (Å²) < 4.78 is 9.13. The SMILES string of the molecule is COCCNCc1nccn1Cc1cncn1C. The number of aryl methyl sites for hydroxylation is 1. The van der Waals surface area contributed by atoms with E-state index >= 15 is 0 Å². The molecule has 0 aliphatic heterocycles. The molecule has 18 heavy (non-hydrogen) atoms. The molecule has 0 saturated carbocycles. The van der Waals surface area contributed by atoms with Crippen LogP contribution in [0.5, 0.6) is 0 Å². The quantitative estimate of drug-likeness (QED) is 0.722. The fourth-order valence-corrected chi connectivity index (χ4v) is 1.74. The number of nitrogens with one attached hydrogen (secondary N) is 1. The van der Waals surface area contributed by atoms with Gasteiger partial charge in [-0.05, 0) is 0 Å². The third-order valence-electron chi connectivity index (χ3n) is 2.82. The van der Waals surface area contributed by atoms with E-state index in [1.54, 1.807) is 7.11 Å². The fraction of sp³-hybridized carbons (Fsp3) is 0.500. The lowest BCUT2D eigenvalue weighted by Crippen LogP contribution is -2.21. The van der Waals surface area contributed by atoms with E-state index in [1.165, 1.54) is 0 Å². The highest BCUT2D eigenvalue weighted by atomic mass is 16.5. The highest BCUT2D eigenvalue weighted by Crippen LogP contribution is 2.04. The molecule has 0 unspecified atom stereocenters. The van der Waals surface area contributed by atoms with Crippen molar-refractivity contribution in [3.8, 4) is 0 Å². The Kier molecular flexibility index (Phi) is 4.49. The Morgan fingerprint density at radius 2 is 2.33 bits per heavy atom. The molecular weight excluding hydrogens is 230 g/mol. The van der Waals surface area contributed by atoms with Crippen LogP contribution in [-0.4, -0.2) is 39.4 Å². The molecule has 2 aromatic heterocycles. The molecule has 0 radical (unpaired) electrons. The second kappa shape index (κ2) is 6.32. The molecule has 1 N–H and O–H groups in total. The van der Waals surface area contributed by atoms with Gasteiger partial charge in [-0.2, -0.15) is 0 Å². The van der Waals surface area contributed by atoms with Gasteiger partial charge in [-0.1, -0.05) is 0 Å². The van der Waals surface area contributed by atoms with Crippen molar-refractivity contribution in [3.63, 3.8) is 0 Å². The summed E-state index contributed by atoms with van der Waals surface area (Å²) in [5.41, 5.74) is 1.16. The standard InChI is InChI=1S/C12H19N5O/c1-16-10-14-7-11(16)9-17-5-3-15-12(17)8-13-4-6-18-2/h3,5,7,10,13H,4,6,8-9H2,1-2H3.